The van der Waals surface area contributed by atoms with Crippen LogP contribution in [0.25, 0.3) is 0 Å². The monoisotopic (exact) mass is 278 g/mol. The number of nitrogens with one attached hydrogen (secondary N) is 2. The number of rotatable bonds is 8. The molecule has 1 atom stereocenters. The molecule has 2 N–H and O–H groups in total. The quantitative estimate of drug-likeness (QED) is 0.765. The predicted octanol–water partition coefficient (Wildman–Crippen LogP) is 2.90. The van der Waals surface area contributed by atoms with Gasteiger partial charge in [0.2, 0.25) is 0 Å². The van der Waals surface area contributed by atoms with Gasteiger partial charge in [-0.25, -0.2) is 9.97 Å². The van der Waals surface area contributed by atoms with Crippen LogP contribution in [0.4, 0.5) is 11.6 Å². The fourth-order valence-corrected chi connectivity index (χ4v) is 2.28. The van der Waals surface area contributed by atoms with Crippen LogP contribution in [-0.2, 0) is 11.3 Å². The number of anilines is 2. The lowest BCUT2D eigenvalue weighted by molar-refractivity contribution is 0.178. The summed E-state index contributed by atoms with van der Waals surface area (Å²) in [6, 6.07) is 1.98. The molecule has 0 saturated heterocycles. The summed E-state index contributed by atoms with van der Waals surface area (Å²) in [5.74, 6) is 3.21. The van der Waals surface area contributed by atoms with Crippen molar-refractivity contribution in [3.8, 4) is 0 Å². The lowest BCUT2D eigenvalue weighted by Gasteiger charge is -2.11. The van der Waals surface area contributed by atoms with E-state index in [9.17, 15) is 0 Å². The van der Waals surface area contributed by atoms with Crippen molar-refractivity contribution < 1.29 is 4.74 Å². The first kappa shape index (κ1) is 15.0. The van der Waals surface area contributed by atoms with Gasteiger partial charge in [-0.1, -0.05) is 20.8 Å². The first-order chi connectivity index (χ1) is 9.55. The van der Waals surface area contributed by atoms with E-state index in [1.165, 1.54) is 6.42 Å². The maximum absolute atomic E-state index is 5.13. The number of methoxy groups -OCH3 is 1. The molecule has 1 aromatic heterocycles. The van der Waals surface area contributed by atoms with Crippen LogP contribution in [0.2, 0.25) is 0 Å². The average Bonchev–Trinajstić information content (AvgIpc) is 3.02. The van der Waals surface area contributed by atoms with E-state index < -0.39 is 0 Å². The summed E-state index contributed by atoms with van der Waals surface area (Å²) in [7, 11) is 1.66. The van der Waals surface area contributed by atoms with E-state index in [-0.39, 0.29) is 0 Å². The Morgan fingerprint density at radius 1 is 1.30 bits per heavy atom. The zero-order chi connectivity index (χ0) is 14.6. The highest BCUT2D eigenvalue weighted by molar-refractivity contribution is 5.47. The SMILES string of the molecule is CCCNc1cc(NCC2CC2(C)C)nc(COC)n1. The first-order valence-electron chi connectivity index (χ1n) is 7.40. The first-order valence-corrected chi connectivity index (χ1v) is 7.40. The van der Waals surface area contributed by atoms with E-state index in [1.807, 2.05) is 6.07 Å². The van der Waals surface area contributed by atoms with Crippen LogP contribution in [0.5, 0.6) is 0 Å². The van der Waals surface area contributed by atoms with Crippen molar-refractivity contribution in [3.63, 3.8) is 0 Å². The van der Waals surface area contributed by atoms with Crippen LogP contribution in [0, 0.1) is 11.3 Å². The van der Waals surface area contributed by atoms with Crippen LogP contribution in [0.1, 0.15) is 39.4 Å². The topological polar surface area (TPSA) is 59.1 Å². The Kier molecular flexibility index (Phi) is 4.81. The molecule has 0 aromatic carbocycles. The third-order valence-electron chi connectivity index (χ3n) is 3.85. The Hall–Kier alpha value is -1.36. The van der Waals surface area contributed by atoms with Gasteiger partial charge in [0.25, 0.3) is 0 Å². The largest absolute Gasteiger partial charge is 0.377 e. The van der Waals surface area contributed by atoms with E-state index in [0.29, 0.717) is 17.8 Å². The number of hydrogen-bond donors (Lipinski definition) is 2. The van der Waals surface area contributed by atoms with Gasteiger partial charge in [0, 0.05) is 26.3 Å². The molecule has 2 rings (SSSR count). The highest BCUT2D eigenvalue weighted by Crippen LogP contribution is 2.51. The zero-order valence-electron chi connectivity index (χ0n) is 13.0. The summed E-state index contributed by atoms with van der Waals surface area (Å²) in [6.07, 6.45) is 2.36. The highest BCUT2D eigenvalue weighted by atomic mass is 16.5. The molecule has 1 aliphatic rings. The Morgan fingerprint density at radius 2 is 1.95 bits per heavy atom. The molecule has 1 heterocycles. The molecular formula is C15H26N4O. The standard InChI is InChI=1S/C15H26N4O/c1-5-6-16-12-7-13(19-14(18-12)10-20-4)17-9-11-8-15(11,2)3/h7,11H,5-6,8-10H2,1-4H3,(H2,16,17,18,19). The van der Waals surface area contributed by atoms with Gasteiger partial charge < -0.3 is 15.4 Å². The highest BCUT2D eigenvalue weighted by Gasteiger charge is 2.44. The van der Waals surface area contributed by atoms with Gasteiger partial charge >= 0.3 is 0 Å². The molecule has 20 heavy (non-hydrogen) atoms. The minimum Gasteiger partial charge on any atom is -0.377 e. The molecule has 1 fully saturated rings. The number of ether oxygens (including phenoxy) is 1. The summed E-state index contributed by atoms with van der Waals surface area (Å²) < 4.78 is 5.13. The molecule has 0 bridgehead atoms. The molecule has 1 aromatic rings. The second-order valence-corrected chi connectivity index (χ2v) is 6.18. The second-order valence-electron chi connectivity index (χ2n) is 6.18. The zero-order valence-corrected chi connectivity index (χ0v) is 13.0. The van der Waals surface area contributed by atoms with Crippen molar-refractivity contribution in [2.24, 2.45) is 11.3 Å². The van der Waals surface area contributed by atoms with Gasteiger partial charge in [-0.15, -0.1) is 0 Å². The van der Waals surface area contributed by atoms with Crippen molar-refractivity contribution in [2.45, 2.75) is 40.2 Å². The predicted molar refractivity (Wildman–Crippen MR) is 81.9 cm³/mol. The van der Waals surface area contributed by atoms with Gasteiger partial charge in [-0.05, 0) is 24.2 Å². The smallest absolute Gasteiger partial charge is 0.158 e. The normalized spacial score (nSPS) is 19.7. The molecule has 0 spiro atoms. The fourth-order valence-electron chi connectivity index (χ4n) is 2.28. The number of hydrogen-bond acceptors (Lipinski definition) is 5. The summed E-state index contributed by atoms with van der Waals surface area (Å²) in [4.78, 5) is 8.94. The summed E-state index contributed by atoms with van der Waals surface area (Å²) in [5.41, 5.74) is 0.485. The number of nitrogens with zero attached hydrogens (tertiary/aromatic N) is 2. The van der Waals surface area contributed by atoms with Gasteiger partial charge in [0.05, 0.1) is 0 Å². The van der Waals surface area contributed by atoms with Crippen LogP contribution in [0.3, 0.4) is 0 Å². The Labute approximate surface area is 121 Å². The Bertz CT molecular complexity index is 447. The molecule has 5 heteroatoms. The third kappa shape index (κ3) is 4.07. The maximum atomic E-state index is 5.13. The van der Waals surface area contributed by atoms with Gasteiger partial charge in [-0.2, -0.15) is 0 Å². The van der Waals surface area contributed by atoms with Crippen molar-refractivity contribution in [3.05, 3.63) is 11.9 Å². The second kappa shape index (κ2) is 6.39. The molecule has 1 unspecified atom stereocenters. The summed E-state index contributed by atoms with van der Waals surface area (Å²) in [6.45, 7) is 9.08. The summed E-state index contributed by atoms with van der Waals surface area (Å²) >= 11 is 0. The minimum atomic E-state index is 0.436. The van der Waals surface area contributed by atoms with Crippen LogP contribution in [0.15, 0.2) is 6.07 Å². The van der Waals surface area contributed by atoms with Crippen LogP contribution in [-0.4, -0.2) is 30.2 Å². The molecule has 5 nitrogen and oxygen atoms in total. The van der Waals surface area contributed by atoms with E-state index in [0.717, 1.165) is 37.1 Å². The Balaban J connectivity index is 2.00. The lowest BCUT2D eigenvalue weighted by atomic mass is 10.1. The van der Waals surface area contributed by atoms with E-state index in [4.69, 9.17) is 4.74 Å². The van der Waals surface area contributed by atoms with E-state index in [2.05, 4.69) is 41.4 Å². The van der Waals surface area contributed by atoms with Gasteiger partial charge in [-0.3, -0.25) is 0 Å². The fraction of sp³-hybridized carbons (Fsp3) is 0.733. The van der Waals surface area contributed by atoms with Crippen LogP contribution < -0.4 is 10.6 Å². The van der Waals surface area contributed by atoms with E-state index in [1.54, 1.807) is 7.11 Å². The van der Waals surface area contributed by atoms with Gasteiger partial charge in [0.1, 0.15) is 18.2 Å². The number of aromatic nitrogens is 2. The summed E-state index contributed by atoms with van der Waals surface area (Å²) in [5, 5.41) is 6.74. The van der Waals surface area contributed by atoms with Crippen molar-refractivity contribution in [2.75, 3.05) is 30.8 Å². The van der Waals surface area contributed by atoms with Crippen molar-refractivity contribution in [1.29, 1.82) is 0 Å². The molecule has 0 amide bonds. The van der Waals surface area contributed by atoms with E-state index >= 15 is 0 Å². The minimum absolute atomic E-state index is 0.436. The molecule has 0 aliphatic heterocycles. The molecular weight excluding hydrogens is 252 g/mol. The lowest BCUT2D eigenvalue weighted by Crippen LogP contribution is -2.12. The van der Waals surface area contributed by atoms with Crippen LogP contribution >= 0.6 is 0 Å². The molecule has 0 radical (unpaired) electrons. The van der Waals surface area contributed by atoms with Crippen molar-refractivity contribution >= 4 is 11.6 Å². The average molecular weight is 278 g/mol. The third-order valence-corrected chi connectivity index (χ3v) is 3.85. The Morgan fingerprint density at radius 3 is 2.50 bits per heavy atom. The van der Waals surface area contributed by atoms with Crippen molar-refractivity contribution in [1.82, 2.24) is 9.97 Å². The molecule has 112 valence electrons. The molecule has 1 saturated carbocycles. The van der Waals surface area contributed by atoms with Gasteiger partial charge in [0.15, 0.2) is 5.82 Å². The molecule has 1 aliphatic carbocycles. The maximum Gasteiger partial charge on any atom is 0.158 e.